The number of carbonyl (C=O) groups excluding carboxylic acids is 4. The fraction of sp³-hybridized carbons (Fsp3) is 0.722. The number of nitrogens with zero attached hydrogens (tertiary/aromatic N) is 2. The highest BCUT2D eigenvalue weighted by molar-refractivity contribution is 5.92. The van der Waals surface area contributed by atoms with E-state index in [9.17, 15) is 37.5 Å². The molecular formula is C36H54F3N5O6. The zero-order valence-electron chi connectivity index (χ0n) is 29.5. The Morgan fingerprint density at radius 3 is 2.18 bits per heavy atom. The molecule has 1 aliphatic carbocycles. The molecular weight excluding hydrogens is 655 g/mol. The van der Waals surface area contributed by atoms with E-state index in [1.165, 1.54) is 4.90 Å². The van der Waals surface area contributed by atoms with Crippen molar-refractivity contribution >= 4 is 23.8 Å². The van der Waals surface area contributed by atoms with Gasteiger partial charge in [-0.1, -0.05) is 62.4 Å². The molecule has 2 unspecified atom stereocenters. The molecule has 0 bridgehead atoms. The molecule has 14 heteroatoms. The zero-order valence-corrected chi connectivity index (χ0v) is 29.5. The third kappa shape index (κ3) is 11.9. The first-order chi connectivity index (χ1) is 23.6. The number of benzene rings is 1. The van der Waals surface area contributed by atoms with Crippen LogP contribution in [0.15, 0.2) is 30.3 Å². The molecule has 0 spiro atoms. The van der Waals surface area contributed by atoms with E-state index in [2.05, 4.69) is 16.0 Å². The molecule has 4 amide bonds. The molecule has 2 heterocycles. The summed E-state index contributed by atoms with van der Waals surface area (Å²) in [5, 5.41) is 18.8. The number of esters is 1. The lowest BCUT2D eigenvalue weighted by Crippen LogP contribution is -2.59. The maximum atomic E-state index is 14.1. The van der Waals surface area contributed by atoms with Crippen LogP contribution in [-0.4, -0.2) is 107 Å². The number of aliphatic hydroxyl groups is 1. The predicted octanol–water partition coefficient (Wildman–Crippen LogP) is 4.07. The van der Waals surface area contributed by atoms with Gasteiger partial charge in [0.05, 0.1) is 12.6 Å². The number of carbonyl (C=O) groups is 4. The van der Waals surface area contributed by atoms with E-state index in [4.69, 9.17) is 4.74 Å². The standard InChI is InChI=1S/C36H54F3N5O6/c1-35(2,3)50-30(45)23-40-26-16-19-43(20-17-26)34(49)42-28(22-25-13-8-5-9-14-25)33(48)44-18-10-15-29(44)32(47)41-27(31(46)36(37,38)39)21-24-11-6-4-7-12-24/h5,8-9,13-14,24,26-29,31,40,46H,4,6-7,10-12,15-23H2,1-3H3,(H,41,47)(H,42,49)/t27?,28-,29-,31?/m0/s1. The molecule has 3 aliphatic rings. The summed E-state index contributed by atoms with van der Waals surface area (Å²) in [6.45, 7) is 6.45. The van der Waals surface area contributed by atoms with E-state index in [0.29, 0.717) is 32.4 Å². The molecule has 4 rings (SSSR count). The van der Waals surface area contributed by atoms with Crippen molar-refractivity contribution in [1.82, 2.24) is 25.8 Å². The van der Waals surface area contributed by atoms with Crippen molar-refractivity contribution in [1.29, 1.82) is 0 Å². The number of hydrogen-bond donors (Lipinski definition) is 4. The number of amides is 4. The van der Waals surface area contributed by atoms with Crippen LogP contribution in [0.2, 0.25) is 0 Å². The first kappa shape index (κ1) is 39.4. The highest BCUT2D eigenvalue weighted by atomic mass is 19.4. The Balaban J connectivity index is 1.40. The Bertz CT molecular complexity index is 1280. The molecule has 0 aromatic heterocycles. The number of rotatable bonds is 12. The van der Waals surface area contributed by atoms with Crippen LogP contribution < -0.4 is 16.0 Å². The second-order valence-electron chi connectivity index (χ2n) is 15.0. The van der Waals surface area contributed by atoms with Gasteiger partial charge in [-0.2, -0.15) is 13.2 Å². The molecule has 4 atom stereocenters. The quantitative estimate of drug-likeness (QED) is 0.240. The zero-order chi connectivity index (χ0) is 36.5. The minimum atomic E-state index is -4.91. The summed E-state index contributed by atoms with van der Waals surface area (Å²) in [6, 6.07) is 5.12. The Kier molecular flexibility index (Phi) is 13.9. The summed E-state index contributed by atoms with van der Waals surface area (Å²) in [5.41, 5.74) is 0.205. The number of likely N-dealkylation sites (tertiary alicyclic amines) is 2. The van der Waals surface area contributed by atoms with Crippen LogP contribution in [-0.2, 0) is 25.5 Å². The summed E-state index contributed by atoms with van der Waals surface area (Å²) in [5.74, 6) is -1.62. The van der Waals surface area contributed by atoms with Gasteiger partial charge in [-0.3, -0.25) is 14.4 Å². The van der Waals surface area contributed by atoms with Gasteiger partial charge in [0.15, 0.2) is 6.10 Å². The van der Waals surface area contributed by atoms with Gasteiger partial charge in [0, 0.05) is 32.1 Å². The van der Waals surface area contributed by atoms with Gasteiger partial charge in [0.25, 0.3) is 0 Å². The second kappa shape index (κ2) is 17.7. The summed E-state index contributed by atoms with van der Waals surface area (Å²) in [7, 11) is 0. The molecule has 3 fully saturated rings. The Morgan fingerprint density at radius 2 is 1.56 bits per heavy atom. The Hall–Kier alpha value is -3.39. The van der Waals surface area contributed by atoms with Crippen LogP contribution in [0.5, 0.6) is 0 Å². The molecule has 11 nitrogen and oxygen atoms in total. The molecule has 4 N–H and O–H groups in total. The average Bonchev–Trinajstić information content (AvgIpc) is 3.56. The third-order valence-electron chi connectivity index (χ3n) is 9.81. The van der Waals surface area contributed by atoms with E-state index in [-0.39, 0.29) is 50.3 Å². The van der Waals surface area contributed by atoms with Crippen LogP contribution >= 0.6 is 0 Å². The van der Waals surface area contributed by atoms with Gasteiger partial charge in [0.1, 0.15) is 17.7 Å². The van der Waals surface area contributed by atoms with Crippen molar-refractivity contribution in [3.05, 3.63) is 35.9 Å². The van der Waals surface area contributed by atoms with Crippen molar-refractivity contribution in [3.8, 4) is 0 Å². The van der Waals surface area contributed by atoms with Crippen molar-refractivity contribution in [2.24, 2.45) is 5.92 Å². The van der Waals surface area contributed by atoms with Crippen molar-refractivity contribution in [2.75, 3.05) is 26.2 Å². The molecule has 50 heavy (non-hydrogen) atoms. The number of ether oxygens (including phenoxy) is 1. The van der Waals surface area contributed by atoms with E-state index < -0.39 is 53.9 Å². The SMILES string of the molecule is CC(C)(C)OC(=O)CNC1CCN(C(=O)N[C@@H](Cc2ccccc2)C(=O)N2CCC[C@H]2C(=O)NC(CC2CCCCC2)C(O)C(F)(F)F)CC1. The van der Waals surface area contributed by atoms with Crippen LogP contribution in [0, 0.1) is 5.92 Å². The van der Waals surface area contributed by atoms with Crippen LogP contribution in [0.25, 0.3) is 0 Å². The van der Waals surface area contributed by atoms with Crippen LogP contribution in [0.1, 0.15) is 90.5 Å². The van der Waals surface area contributed by atoms with E-state index in [1.54, 1.807) is 25.7 Å². The highest BCUT2D eigenvalue weighted by Gasteiger charge is 2.46. The predicted molar refractivity (Wildman–Crippen MR) is 181 cm³/mol. The van der Waals surface area contributed by atoms with Gasteiger partial charge < -0.3 is 35.6 Å². The minimum Gasteiger partial charge on any atom is -0.459 e. The average molecular weight is 710 g/mol. The number of piperidine rings is 1. The maximum Gasteiger partial charge on any atom is 0.416 e. The Labute approximate surface area is 293 Å². The summed E-state index contributed by atoms with van der Waals surface area (Å²) >= 11 is 0. The molecule has 2 aliphatic heterocycles. The lowest BCUT2D eigenvalue weighted by Gasteiger charge is -2.35. The summed E-state index contributed by atoms with van der Waals surface area (Å²) in [4.78, 5) is 56.3. The number of urea groups is 1. The van der Waals surface area contributed by atoms with Crippen LogP contribution in [0.4, 0.5) is 18.0 Å². The number of hydrogen-bond acceptors (Lipinski definition) is 7. The van der Waals surface area contributed by atoms with Crippen molar-refractivity contribution in [2.45, 2.75) is 133 Å². The molecule has 280 valence electrons. The maximum absolute atomic E-state index is 14.1. The number of nitrogens with one attached hydrogen (secondary N) is 3. The summed E-state index contributed by atoms with van der Waals surface area (Å²) in [6.07, 6.45) is -1.27. The number of alkyl halides is 3. The molecule has 1 aromatic rings. The van der Waals surface area contributed by atoms with Crippen molar-refractivity contribution < 1.29 is 42.2 Å². The Morgan fingerprint density at radius 1 is 0.900 bits per heavy atom. The summed E-state index contributed by atoms with van der Waals surface area (Å²) < 4.78 is 46.4. The second-order valence-corrected chi connectivity index (χ2v) is 15.0. The topological polar surface area (TPSA) is 140 Å². The molecule has 0 radical (unpaired) electrons. The van der Waals surface area contributed by atoms with Crippen molar-refractivity contribution in [3.63, 3.8) is 0 Å². The number of halogens is 3. The van der Waals surface area contributed by atoms with Gasteiger partial charge in [-0.05, 0) is 64.4 Å². The molecule has 1 aromatic carbocycles. The molecule has 2 saturated heterocycles. The molecule has 1 saturated carbocycles. The fourth-order valence-corrected chi connectivity index (χ4v) is 7.24. The normalized spacial score (nSPS) is 21.3. The lowest BCUT2D eigenvalue weighted by atomic mass is 9.83. The number of aliphatic hydroxyl groups excluding tert-OH is 1. The van der Waals surface area contributed by atoms with E-state index in [0.717, 1.165) is 37.7 Å². The van der Waals surface area contributed by atoms with Gasteiger partial charge >= 0.3 is 18.2 Å². The van der Waals surface area contributed by atoms with E-state index >= 15 is 0 Å². The fourth-order valence-electron chi connectivity index (χ4n) is 7.24. The largest absolute Gasteiger partial charge is 0.459 e. The van der Waals surface area contributed by atoms with Gasteiger partial charge in [-0.15, -0.1) is 0 Å². The van der Waals surface area contributed by atoms with Gasteiger partial charge in [0.2, 0.25) is 11.8 Å². The van der Waals surface area contributed by atoms with E-state index in [1.807, 2.05) is 30.3 Å². The lowest BCUT2D eigenvalue weighted by molar-refractivity contribution is -0.213. The monoisotopic (exact) mass is 709 g/mol. The smallest absolute Gasteiger partial charge is 0.416 e. The minimum absolute atomic E-state index is 0.00693. The first-order valence-electron chi connectivity index (χ1n) is 18.0. The third-order valence-corrected chi connectivity index (χ3v) is 9.81. The van der Waals surface area contributed by atoms with Gasteiger partial charge in [-0.25, -0.2) is 4.79 Å². The van der Waals surface area contributed by atoms with Crippen LogP contribution in [0.3, 0.4) is 0 Å². The highest BCUT2D eigenvalue weighted by Crippen LogP contribution is 2.32. The first-order valence-corrected chi connectivity index (χ1v) is 18.0.